The van der Waals surface area contributed by atoms with E-state index in [1.165, 1.54) is 17.1 Å². The van der Waals surface area contributed by atoms with E-state index in [-0.39, 0.29) is 11.9 Å². The number of carbonyl (C=O) groups excluding carboxylic acids is 1. The summed E-state index contributed by atoms with van der Waals surface area (Å²) in [5.41, 5.74) is 13.8. The van der Waals surface area contributed by atoms with Crippen LogP contribution in [0.5, 0.6) is 0 Å². The molecule has 0 radical (unpaired) electrons. The molecule has 0 saturated carbocycles. The summed E-state index contributed by atoms with van der Waals surface area (Å²) in [6, 6.07) is 7.90. The smallest absolute Gasteiger partial charge is 0.240 e. The van der Waals surface area contributed by atoms with Crippen molar-refractivity contribution in [2.75, 3.05) is 19.7 Å². The third kappa shape index (κ3) is 3.03. The number of amides is 1. The maximum atomic E-state index is 12.0. The van der Waals surface area contributed by atoms with E-state index >= 15 is 0 Å². The number of hydrogen-bond acceptors (Lipinski definition) is 8. The highest BCUT2D eigenvalue weighted by atomic mass is 32.1. The Morgan fingerprint density at radius 1 is 1.19 bits per heavy atom. The second kappa shape index (κ2) is 7.59. The lowest BCUT2D eigenvalue weighted by molar-refractivity contribution is -0.121. The van der Waals surface area contributed by atoms with Crippen molar-refractivity contribution in [3.8, 4) is 11.4 Å². The molecule has 1 fully saturated rings. The summed E-state index contributed by atoms with van der Waals surface area (Å²) in [5, 5.41) is 0. The maximum Gasteiger partial charge on any atom is 0.240 e. The summed E-state index contributed by atoms with van der Waals surface area (Å²) in [4.78, 5) is 25.5. The largest absolute Gasteiger partial charge is 0.495 e. The Balaban J connectivity index is 1.38. The Bertz CT molecular complexity index is 1200. The van der Waals surface area contributed by atoms with E-state index in [9.17, 15) is 4.79 Å². The first-order valence-electron chi connectivity index (χ1n) is 10.7. The maximum absolute atomic E-state index is 12.0. The van der Waals surface area contributed by atoms with E-state index < -0.39 is 0 Å². The molecule has 1 atom stereocenters. The van der Waals surface area contributed by atoms with Gasteiger partial charge in [-0.3, -0.25) is 4.79 Å². The van der Waals surface area contributed by atoms with Gasteiger partial charge in [0, 0.05) is 36.0 Å². The first-order chi connectivity index (χ1) is 15.7. The number of aromatic nitrogens is 2. The van der Waals surface area contributed by atoms with Gasteiger partial charge in [0.25, 0.3) is 0 Å². The Labute approximate surface area is 189 Å². The quantitative estimate of drug-likeness (QED) is 0.776. The van der Waals surface area contributed by atoms with Crippen LogP contribution in [0.4, 0.5) is 0 Å². The lowest BCUT2D eigenvalue weighted by atomic mass is 10.0. The first-order valence-corrected chi connectivity index (χ1v) is 11.6. The van der Waals surface area contributed by atoms with E-state index in [1.807, 2.05) is 18.3 Å². The number of benzene rings is 1. The molecule has 1 aromatic heterocycles. The Morgan fingerprint density at radius 3 is 2.81 bits per heavy atom. The van der Waals surface area contributed by atoms with Crippen molar-refractivity contribution < 1.29 is 9.53 Å². The molecule has 32 heavy (non-hydrogen) atoms. The molecule has 0 aliphatic carbocycles. The van der Waals surface area contributed by atoms with Crippen LogP contribution in [0.2, 0.25) is 0 Å². The zero-order valence-corrected chi connectivity index (χ0v) is 18.2. The summed E-state index contributed by atoms with van der Waals surface area (Å²) in [6.07, 6.45) is 6.32. The molecular weight excluding hydrogens is 424 g/mol. The molecule has 1 saturated heterocycles. The predicted molar refractivity (Wildman–Crippen MR) is 121 cm³/mol. The van der Waals surface area contributed by atoms with Gasteiger partial charge in [-0.1, -0.05) is 24.3 Å². The summed E-state index contributed by atoms with van der Waals surface area (Å²) >= 11 is 1.35. The van der Waals surface area contributed by atoms with E-state index in [1.54, 1.807) is 11.8 Å². The van der Waals surface area contributed by atoms with Crippen LogP contribution in [0.15, 0.2) is 69.8 Å². The number of ether oxygens (including phenoxy) is 1. The van der Waals surface area contributed by atoms with Crippen molar-refractivity contribution in [2.45, 2.75) is 25.3 Å². The van der Waals surface area contributed by atoms with E-state index in [0.29, 0.717) is 6.61 Å². The third-order valence-corrected chi connectivity index (χ3v) is 6.93. The highest BCUT2D eigenvalue weighted by Gasteiger charge is 2.39. The molecule has 0 bridgehead atoms. The molecule has 4 aliphatic heterocycles. The van der Waals surface area contributed by atoms with Crippen molar-refractivity contribution in [1.29, 1.82) is 0 Å². The minimum absolute atomic E-state index is 0.291. The van der Waals surface area contributed by atoms with Gasteiger partial charge < -0.3 is 20.3 Å². The van der Waals surface area contributed by atoms with Gasteiger partial charge in [-0.05, 0) is 36.4 Å². The van der Waals surface area contributed by atoms with Crippen LogP contribution in [-0.2, 0) is 9.53 Å². The fourth-order valence-corrected chi connectivity index (χ4v) is 5.40. The number of hydrogen-bond donors (Lipinski definition) is 1. The molecule has 8 nitrogen and oxygen atoms in total. The fourth-order valence-electron chi connectivity index (χ4n) is 4.95. The number of likely N-dealkylation sites (tertiary alicyclic amines) is 1. The Kier molecular flexibility index (Phi) is 4.57. The van der Waals surface area contributed by atoms with Crippen LogP contribution >= 0.6 is 11.5 Å². The molecule has 1 aromatic carbocycles. The minimum atomic E-state index is -0.306. The van der Waals surface area contributed by atoms with Crippen LogP contribution in [0.3, 0.4) is 0 Å². The van der Waals surface area contributed by atoms with Crippen LogP contribution in [0, 0.1) is 0 Å². The van der Waals surface area contributed by atoms with Crippen LogP contribution in [0.1, 0.15) is 24.8 Å². The monoisotopic (exact) mass is 446 g/mol. The number of nitrogens with zero attached hydrogens (tertiary/aromatic N) is 5. The summed E-state index contributed by atoms with van der Waals surface area (Å²) in [6.45, 7) is 2.18. The van der Waals surface area contributed by atoms with Crippen molar-refractivity contribution in [2.24, 2.45) is 10.7 Å². The van der Waals surface area contributed by atoms with E-state index in [0.717, 1.165) is 72.1 Å². The lowest BCUT2D eigenvalue weighted by Crippen LogP contribution is -2.41. The molecule has 5 heterocycles. The van der Waals surface area contributed by atoms with E-state index in [4.69, 9.17) is 15.5 Å². The van der Waals surface area contributed by atoms with Crippen molar-refractivity contribution in [3.63, 3.8) is 0 Å². The molecule has 9 heteroatoms. The van der Waals surface area contributed by atoms with Gasteiger partial charge in [0.1, 0.15) is 30.3 Å². The zero-order chi connectivity index (χ0) is 21.7. The number of carbonyl (C=O) groups is 1. The number of nitrogens with two attached hydrogens (primary N) is 1. The van der Waals surface area contributed by atoms with Gasteiger partial charge in [0.15, 0.2) is 5.82 Å². The molecule has 1 amide bonds. The summed E-state index contributed by atoms with van der Waals surface area (Å²) < 4.78 is 10.2. The average Bonchev–Trinajstić information content (AvgIpc) is 3.56. The molecule has 4 aliphatic rings. The number of primary amides is 1. The topological polar surface area (TPSA) is 96.9 Å². The first kappa shape index (κ1) is 19.2. The predicted octanol–water partition coefficient (Wildman–Crippen LogP) is 2.63. The fraction of sp³-hybridized carbons (Fsp3) is 0.304. The molecule has 2 aromatic rings. The SMILES string of the molecule is NC(=O)[C@@H]1CCCN1C1=COCC2=C3C1=CN=C(c1ccc(-c4ncsn4)cc1)N3CC2. The number of amidine groups is 1. The van der Waals surface area contributed by atoms with Gasteiger partial charge in [-0.2, -0.15) is 4.37 Å². The third-order valence-electron chi connectivity index (χ3n) is 6.45. The molecule has 0 spiro atoms. The Hall–Kier alpha value is -3.46. The van der Waals surface area contributed by atoms with Crippen molar-refractivity contribution in [1.82, 2.24) is 19.2 Å². The van der Waals surface area contributed by atoms with Crippen molar-refractivity contribution >= 4 is 23.3 Å². The van der Waals surface area contributed by atoms with Crippen LogP contribution in [0.25, 0.3) is 11.4 Å². The highest BCUT2D eigenvalue weighted by Crippen LogP contribution is 2.41. The summed E-state index contributed by atoms with van der Waals surface area (Å²) in [7, 11) is 0. The van der Waals surface area contributed by atoms with Gasteiger partial charge in [-0.15, -0.1) is 0 Å². The van der Waals surface area contributed by atoms with Gasteiger partial charge in [0.05, 0.1) is 11.4 Å². The number of aliphatic imine (C=N–C) groups is 1. The zero-order valence-electron chi connectivity index (χ0n) is 17.4. The summed E-state index contributed by atoms with van der Waals surface area (Å²) in [5.74, 6) is 1.37. The van der Waals surface area contributed by atoms with Gasteiger partial charge >= 0.3 is 0 Å². The minimum Gasteiger partial charge on any atom is -0.495 e. The van der Waals surface area contributed by atoms with Gasteiger partial charge in [0.2, 0.25) is 5.91 Å². The molecule has 6 rings (SSSR count). The normalized spacial score (nSPS) is 22.1. The second-order valence-corrected chi connectivity index (χ2v) is 8.85. The lowest BCUT2D eigenvalue weighted by Gasteiger charge is -2.33. The van der Waals surface area contributed by atoms with Crippen molar-refractivity contribution in [3.05, 3.63) is 70.3 Å². The molecule has 2 N–H and O–H groups in total. The molecular formula is C23H22N6O2S. The Morgan fingerprint density at radius 2 is 2.03 bits per heavy atom. The van der Waals surface area contributed by atoms with E-state index in [2.05, 4.69) is 31.3 Å². The average molecular weight is 447 g/mol. The van der Waals surface area contributed by atoms with Gasteiger partial charge in [-0.25, -0.2) is 9.98 Å². The molecule has 162 valence electrons. The van der Waals surface area contributed by atoms with Crippen LogP contribution < -0.4 is 5.73 Å². The number of rotatable bonds is 4. The highest BCUT2D eigenvalue weighted by molar-refractivity contribution is 7.03. The molecule has 0 unspecified atom stereocenters. The second-order valence-electron chi connectivity index (χ2n) is 8.25. The standard InChI is InChI=1S/C23H22N6O2S/c24-21(30)18-2-1-8-28(18)19-12-31-11-16-7-9-29-20(16)17(19)10-25-23(29)15-5-3-14(4-6-15)22-26-13-32-27-22/h3-6,10,12-13,18H,1-2,7-9,11H2,(H2,24,30)/t18-/m0/s1. The van der Waals surface area contributed by atoms with Crippen LogP contribution in [-0.4, -0.2) is 56.6 Å².